The second-order valence-corrected chi connectivity index (χ2v) is 6.90. The number of ether oxygens (including phenoxy) is 1. The quantitative estimate of drug-likeness (QED) is 0.670. The summed E-state index contributed by atoms with van der Waals surface area (Å²) in [6, 6.07) is 13.4. The summed E-state index contributed by atoms with van der Waals surface area (Å²) in [4.78, 5) is 11.1. The second-order valence-electron chi connectivity index (χ2n) is 6.47. The van der Waals surface area contributed by atoms with Crippen LogP contribution in [0.3, 0.4) is 0 Å². The van der Waals surface area contributed by atoms with Crippen LogP contribution in [0.25, 0.3) is 11.3 Å². The molecule has 1 saturated heterocycles. The van der Waals surface area contributed by atoms with Crippen molar-refractivity contribution in [2.45, 2.75) is 25.6 Å². The molecule has 0 N–H and O–H groups in total. The first-order chi connectivity index (χ1) is 13.3. The van der Waals surface area contributed by atoms with Crippen LogP contribution in [0.5, 0.6) is 0 Å². The number of pyridine rings is 1. The molecule has 0 atom stereocenters. The Morgan fingerprint density at radius 1 is 1.07 bits per heavy atom. The first-order valence-corrected chi connectivity index (χ1v) is 9.38. The van der Waals surface area contributed by atoms with Gasteiger partial charge < -0.3 is 9.64 Å². The SMILES string of the molecule is Clc1ccc(-c2cnnc(N3CCC(OCc4ccccn4)CC3)n2)cc1. The van der Waals surface area contributed by atoms with Gasteiger partial charge in [-0.2, -0.15) is 5.10 Å². The molecule has 27 heavy (non-hydrogen) atoms. The smallest absolute Gasteiger partial charge is 0.245 e. The van der Waals surface area contributed by atoms with Crippen molar-refractivity contribution in [3.05, 3.63) is 65.6 Å². The van der Waals surface area contributed by atoms with Gasteiger partial charge in [-0.3, -0.25) is 4.98 Å². The van der Waals surface area contributed by atoms with Gasteiger partial charge in [0.05, 0.1) is 30.3 Å². The van der Waals surface area contributed by atoms with Gasteiger partial charge in [0.2, 0.25) is 5.95 Å². The van der Waals surface area contributed by atoms with E-state index in [1.165, 1.54) is 0 Å². The molecule has 0 bridgehead atoms. The standard InChI is InChI=1S/C20H20ClN5O/c21-16-6-4-15(5-7-16)19-13-23-25-20(24-19)26-11-8-18(9-12-26)27-14-17-3-1-2-10-22-17/h1-7,10,13,18H,8-9,11-12,14H2. The van der Waals surface area contributed by atoms with E-state index in [0.29, 0.717) is 17.6 Å². The predicted molar refractivity (Wildman–Crippen MR) is 105 cm³/mol. The zero-order valence-electron chi connectivity index (χ0n) is 14.8. The van der Waals surface area contributed by atoms with Crippen molar-refractivity contribution in [1.82, 2.24) is 20.2 Å². The molecule has 0 radical (unpaired) electrons. The van der Waals surface area contributed by atoms with Gasteiger partial charge in [-0.05, 0) is 37.1 Å². The number of aromatic nitrogens is 4. The molecular weight excluding hydrogens is 362 g/mol. The summed E-state index contributed by atoms with van der Waals surface area (Å²) in [7, 11) is 0. The average molecular weight is 382 g/mol. The molecule has 3 heterocycles. The first-order valence-electron chi connectivity index (χ1n) is 9.00. The first kappa shape index (κ1) is 17.8. The highest BCUT2D eigenvalue weighted by molar-refractivity contribution is 6.30. The van der Waals surface area contributed by atoms with Gasteiger partial charge in [0.1, 0.15) is 0 Å². The van der Waals surface area contributed by atoms with Crippen LogP contribution >= 0.6 is 11.6 Å². The molecule has 2 aromatic heterocycles. The molecule has 1 aliphatic rings. The summed E-state index contributed by atoms with van der Waals surface area (Å²) in [5.74, 6) is 0.658. The van der Waals surface area contributed by atoms with Crippen molar-refractivity contribution in [1.29, 1.82) is 0 Å². The van der Waals surface area contributed by atoms with Crippen molar-refractivity contribution in [3.63, 3.8) is 0 Å². The van der Waals surface area contributed by atoms with E-state index in [1.54, 1.807) is 12.4 Å². The molecular formula is C20H20ClN5O. The highest BCUT2D eigenvalue weighted by Gasteiger charge is 2.22. The van der Waals surface area contributed by atoms with Crippen molar-refractivity contribution in [2.75, 3.05) is 18.0 Å². The van der Waals surface area contributed by atoms with E-state index >= 15 is 0 Å². The largest absolute Gasteiger partial charge is 0.372 e. The third-order valence-electron chi connectivity index (χ3n) is 4.61. The number of hydrogen-bond donors (Lipinski definition) is 0. The fourth-order valence-corrected chi connectivity index (χ4v) is 3.22. The van der Waals surface area contributed by atoms with Crippen LogP contribution in [0.2, 0.25) is 5.02 Å². The van der Waals surface area contributed by atoms with Gasteiger partial charge in [-0.15, -0.1) is 5.10 Å². The lowest BCUT2D eigenvalue weighted by molar-refractivity contribution is 0.0232. The highest BCUT2D eigenvalue weighted by atomic mass is 35.5. The van der Waals surface area contributed by atoms with Gasteiger partial charge in [-0.25, -0.2) is 4.98 Å². The van der Waals surface area contributed by atoms with Gasteiger partial charge in [-0.1, -0.05) is 29.8 Å². The molecule has 1 aliphatic heterocycles. The summed E-state index contributed by atoms with van der Waals surface area (Å²) in [6.45, 7) is 2.24. The molecule has 138 valence electrons. The third kappa shape index (κ3) is 4.59. The maximum Gasteiger partial charge on any atom is 0.245 e. The molecule has 3 aromatic rings. The van der Waals surface area contributed by atoms with E-state index in [0.717, 1.165) is 42.9 Å². The van der Waals surface area contributed by atoms with E-state index in [4.69, 9.17) is 16.3 Å². The monoisotopic (exact) mass is 381 g/mol. The molecule has 0 saturated carbocycles. The van der Waals surface area contributed by atoms with Crippen LogP contribution in [0.1, 0.15) is 18.5 Å². The lowest BCUT2D eigenvalue weighted by Crippen LogP contribution is -2.38. The number of anilines is 1. The average Bonchev–Trinajstić information content (AvgIpc) is 2.74. The van der Waals surface area contributed by atoms with Crippen LogP contribution < -0.4 is 4.90 Å². The minimum absolute atomic E-state index is 0.232. The fourth-order valence-electron chi connectivity index (χ4n) is 3.10. The van der Waals surface area contributed by atoms with Gasteiger partial charge in [0.25, 0.3) is 0 Å². The zero-order chi connectivity index (χ0) is 18.5. The predicted octanol–water partition coefficient (Wildman–Crippen LogP) is 3.77. The number of rotatable bonds is 5. The number of nitrogens with zero attached hydrogens (tertiary/aromatic N) is 5. The molecule has 1 fully saturated rings. The third-order valence-corrected chi connectivity index (χ3v) is 4.86. The molecule has 0 spiro atoms. The van der Waals surface area contributed by atoms with Crippen LogP contribution in [0.15, 0.2) is 54.9 Å². The Hall–Kier alpha value is -2.57. The van der Waals surface area contributed by atoms with E-state index in [-0.39, 0.29) is 6.10 Å². The Morgan fingerprint density at radius 3 is 2.63 bits per heavy atom. The summed E-state index contributed by atoms with van der Waals surface area (Å²) in [5, 5.41) is 9.04. The van der Waals surface area contributed by atoms with E-state index in [1.807, 2.05) is 42.5 Å². The lowest BCUT2D eigenvalue weighted by atomic mass is 10.1. The van der Waals surface area contributed by atoms with Gasteiger partial charge in [0, 0.05) is 29.9 Å². The van der Waals surface area contributed by atoms with Crippen molar-refractivity contribution < 1.29 is 4.74 Å². The van der Waals surface area contributed by atoms with Crippen molar-refractivity contribution >= 4 is 17.5 Å². The molecule has 1 aromatic carbocycles. The molecule has 0 aliphatic carbocycles. The highest BCUT2D eigenvalue weighted by Crippen LogP contribution is 2.23. The Kier molecular flexibility index (Phi) is 5.55. The van der Waals surface area contributed by atoms with Crippen molar-refractivity contribution in [3.8, 4) is 11.3 Å². The summed E-state index contributed by atoms with van der Waals surface area (Å²) in [5.41, 5.74) is 2.73. The molecule has 0 unspecified atom stereocenters. The molecule has 0 amide bonds. The number of piperidine rings is 1. The molecule has 4 rings (SSSR count). The van der Waals surface area contributed by atoms with E-state index in [9.17, 15) is 0 Å². The van der Waals surface area contributed by atoms with Crippen LogP contribution in [0.4, 0.5) is 5.95 Å². The Bertz CT molecular complexity index is 867. The van der Waals surface area contributed by atoms with Gasteiger partial charge >= 0.3 is 0 Å². The normalized spacial score (nSPS) is 15.1. The van der Waals surface area contributed by atoms with Crippen LogP contribution in [-0.4, -0.2) is 39.4 Å². The summed E-state index contributed by atoms with van der Waals surface area (Å²) < 4.78 is 6.00. The topological polar surface area (TPSA) is 64.0 Å². The van der Waals surface area contributed by atoms with E-state index < -0.39 is 0 Å². The summed E-state index contributed by atoms with van der Waals surface area (Å²) >= 11 is 5.96. The summed E-state index contributed by atoms with van der Waals surface area (Å²) in [6.07, 6.45) is 5.56. The maximum atomic E-state index is 6.00. The molecule has 6 nitrogen and oxygen atoms in total. The van der Waals surface area contributed by atoms with Crippen LogP contribution in [-0.2, 0) is 11.3 Å². The van der Waals surface area contributed by atoms with Crippen LogP contribution in [0, 0.1) is 0 Å². The minimum atomic E-state index is 0.232. The fraction of sp³-hybridized carbons (Fsp3) is 0.300. The Labute approximate surface area is 163 Å². The van der Waals surface area contributed by atoms with E-state index in [2.05, 4.69) is 25.1 Å². The zero-order valence-corrected chi connectivity index (χ0v) is 15.6. The maximum absolute atomic E-state index is 6.00. The van der Waals surface area contributed by atoms with Crippen molar-refractivity contribution in [2.24, 2.45) is 0 Å². The minimum Gasteiger partial charge on any atom is -0.372 e. The molecule has 7 heteroatoms. The van der Waals surface area contributed by atoms with Gasteiger partial charge in [0.15, 0.2) is 0 Å². The lowest BCUT2D eigenvalue weighted by Gasteiger charge is -2.31. The number of hydrogen-bond acceptors (Lipinski definition) is 6. The second kappa shape index (κ2) is 8.41. The Balaban J connectivity index is 1.35. The number of halogens is 1. The Morgan fingerprint density at radius 2 is 1.89 bits per heavy atom. The number of benzene rings is 1.